The van der Waals surface area contributed by atoms with Crippen molar-refractivity contribution in [3.63, 3.8) is 0 Å². The molecule has 20 heavy (non-hydrogen) atoms. The Morgan fingerprint density at radius 2 is 1.90 bits per heavy atom. The lowest BCUT2D eigenvalue weighted by Crippen LogP contribution is -2.48. The molecular formula is C17H26N2O. The van der Waals surface area contributed by atoms with Crippen molar-refractivity contribution < 1.29 is 5.11 Å². The fraction of sp³-hybridized carbons (Fsp3) is 0.647. The van der Waals surface area contributed by atoms with E-state index in [4.69, 9.17) is 0 Å². The molecule has 0 spiro atoms. The van der Waals surface area contributed by atoms with E-state index in [2.05, 4.69) is 16.7 Å². The number of hydrogen-bond donors (Lipinski definition) is 3. The van der Waals surface area contributed by atoms with Crippen LogP contribution >= 0.6 is 0 Å². The van der Waals surface area contributed by atoms with E-state index >= 15 is 0 Å². The molecular weight excluding hydrogens is 248 g/mol. The minimum Gasteiger partial charge on any atom is -0.508 e. The van der Waals surface area contributed by atoms with E-state index in [1.165, 1.54) is 51.5 Å². The van der Waals surface area contributed by atoms with Gasteiger partial charge in [-0.3, -0.25) is 0 Å². The van der Waals surface area contributed by atoms with Crippen molar-refractivity contribution in [2.24, 2.45) is 5.92 Å². The summed E-state index contributed by atoms with van der Waals surface area (Å²) >= 11 is 0. The molecule has 0 amide bonds. The molecule has 110 valence electrons. The second kappa shape index (κ2) is 6.49. The van der Waals surface area contributed by atoms with E-state index < -0.39 is 0 Å². The molecule has 3 nitrogen and oxygen atoms in total. The van der Waals surface area contributed by atoms with Gasteiger partial charge in [0.25, 0.3) is 0 Å². The van der Waals surface area contributed by atoms with E-state index in [9.17, 15) is 5.11 Å². The summed E-state index contributed by atoms with van der Waals surface area (Å²) in [5.74, 6) is 1.07. The van der Waals surface area contributed by atoms with Crippen LogP contribution in [-0.4, -0.2) is 23.7 Å². The third-order valence-electron chi connectivity index (χ3n) is 4.88. The highest BCUT2D eigenvalue weighted by Gasteiger charge is 2.32. The van der Waals surface area contributed by atoms with E-state index in [-0.39, 0.29) is 0 Å². The van der Waals surface area contributed by atoms with Crippen LogP contribution in [-0.2, 0) is 0 Å². The molecule has 3 rings (SSSR count). The van der Waals surface area contributed by atoms with Crippen LogP contribution in [0.25, 0.3) is 0 Å². The topological polar surface area (TPSA) is 44.3 Å². The highest BCUT2D eigenvalue weighted by molar-refractivity contribution is 5.48. The molecule has 2 fully saturated rings. The van der Waals surface area contributed by atoms with E-state index in [0.717, 1.165) is 11.6 Å². The monoisotopic (exact) mass is 274 g/mol. The van der Waals surface area contributed by atoms with E-state index in [1.54, 1.807) is 6.07 Å². The first-order chi connectivity index (χ1) is 9.83. The van der Waals surface area contributed by atoms with Crippen LogP contribution in [0.2, 0.25) is 0 Å². The van der Waals surface area contributed by atoms with Gasteiger partial charge in [0.15, 0.2) is 0 Å². The van der Waals surface area contributed by atoms with Crippen molar-refractivity contribution in [2.45, 2.75) is 57.0 Å². The average molecular weight is 274 g/mol. The Bertz CT molecular complexity index is 429. The van der Waals surface area contributed by atoms with Crippen LogP contribution in [0.15, 0.2) is 24.3 Å². The number of hydrogen-bond acceptors (Lipinski definition) is 3. The van der Waals surface area contributed by atoms with Crippen LogP contribution in [0, 0.1) is 5.92 Å². The van der Waals surface area contributed by atoms with Crippen LogP contribution in [0.4, 0.5) is 5.69 Å². The van der Waals surface area contributed by atoms with Crippen molar-refractivity contribution in [3.8, 4) is 5.75 Å². The van der Waals surface area contributed by atoms with Gasteiger partial charge in [0.05, 0.1) is 0 Å². The third kappa shape index (κ3) is 3.26. The van der Waals surface area contributed by atoms with Crippen molar-refractivity contribution in [2.75, 3.05) is 11.9 Å². The zero-order valence-corrected chi connectivity index (χ0v) is 12.1. The smallest absolute Gasteiger partial charge is 0.117 e. The Morgan fingerprint density at radius 3 is 2.70 bits per heavy atom. The number of benzene rings is 1. The lowest BCUT2D eigenvalue weighted by atomic mass is 9.77. The Labute approximate surface area is 121 Å². The van der Waals surface area contributed by atoms with Gasteiger partial charge in [0.2, 0.25) is 0 Å². The third-order valence-corrected chi connectivity index (χ3v) is 4.88. The lowest BCUT2D eigenvalue weighted by Gasteiger charge is -2.40. The molecule has 1 heterocycles. The minimum atomic E-state index is 0.346. The Morgan fingerprint density at radius 1 is 1.05 bits per heavy atom. The van der Waals surface area contributed by atoms with Crippen molar-refractivity contribution >= 4 is 5.69 Å². The summed E-state index contributed by atoms with van der Waals surface area (Å²) in [7, 11) is 0. The van der Waals surface area contributed by atoms with Gasteiger partial charge < -0.3 is 15.7 Å². The number of piperidine rings is 1. The quantitative estimate of drug-likeness (QED) is 0.790. The van der Waals surface area contributed by atoms with Crippen LogP contribution in [0.3, 0.4) is 0 Å². The maximum absolute atomic E-state index is 9.60. The zero-order chi connectivity index (χ0) is 13.8. The summed E-state index contributed by atoms with van der Waals surface area (Å²) in [6.07, 6.45) is 9.27. The number of anilines is 1. The molecule has 3 heteroatoms. The van der Waals surface area contributed by atoms with Gasteiger partial charge in [-0.2, -0.15) is 0 Å². The SMILES string of the molecule is Oc1cccc(NC2CCCCC2C2CCCCN2)c1. The molecule has 0 bridgehead atoms. The summed E-state index contributed by atoms with van der Waals surface area (Å²) < 4.78 is 0. The first kappa shape index (κ1) is 13.7. The Balaban J connectivity index is 1.68. The predicted molar refractivity (Wildman–Crippen MR) is 83.1 cm³/mol. The summed E-state index contributed by atoms with van der Waals surface area (Å²) in [5.41, 5.74) is 1.05. The Hall–Kier alpha value is -1.22. The van der Waals surface area contributed by atoms with E-state index in [1.807, 2.05) is 12.1 Å². The summed E-state index contributed by atoms with van der Waals surface area (Å²) in [5, 5.41) is 17.0. The first-order valence-corrected chi connectivity index (χ1v) is 8.12. The standard InChI is InChI=1S/C17H26N2O/c20-14-7-5-6-13(12-14)19-17-10-2-1-8-15(17)16-9-3-4-11-18-16/h5-7,12,15-20H,1-4,8-11H2. The van der Waals surface area contributed by atoms with Gasteiger partial charge >= 0.3 is 0 Å². The largest absolute Gasteiger partial charge is 0.508 e. The van der Waals surface area contributed by atoms with Crippen molar-refractivity contribution in [3.05, 3.63) is 24.3 Å². The molecule has 2 aliphatic rings. The zero-order valence-electron chi connectivity index (χ0n) is 12.1. The first-order valence-electron chi connectivity index (χ1n) is 8.12. The maximum Gasteiger partial charge on any atom is 0.117 e. The fourth-order valence-corrected chi connectivity index (χ4v) is 3.87. The van der Waals surface area contributed by atoms with Gasteiger partial charge in [-0.1, -0.05) is 25.3 Å². The summed E-state index contributed by atoms with van der Waals surface area (Å²) in [6, 6.07) is 8.75. The molecule has 3 unspecified atom stereocenters. The number of nitrogens with one attached hydrogen (secondary N) is 2. The van der Waals surface area contributed by atoms with Crippen molar-refractivity contribution in [1.82, 2.24) is 5.32 Å². The normalized spacial score (nSPS) is 30.9. The predicted octanol–water partition coefficient (Wildman–Crippen LogP) is 3.51. The van der Waals surface area contributed by atoms with Gasteiger partial charge in [-0.15, -0.1) is 0 Å². The van der Waals surface area contributed by atoms with Crippen molar-refractivity contribution in [1.29, 1.82) is 0 Å². The molecule has 0 aromatic heterocycles. The second-order valence-electron chi connectivity index (χ2n) is 6.31. The molecule has 1 aliphatic heterocycles. The van der Waals surface area contributed by atoms with Crippen LogP contribution in [0.1, 0.15) is 44.9 Å². The van der Waals surface area contributed by atoms with Crippen LogP contribution in [0.5, 0.6) is 5.75 Å². The van der Waals surface area contributed by atoms with Gasteiger partial charge in [0.1, 0.15) is 5.75 Å². The van der Waals surface area contributed by atoms with Gasteiger partial charge in [0, 0.05) is 23.8 Å². The molecule has 1 aromatic carbocycles. The fourth-order valence-electron chi connectivity index (χ4n) is 3.87. The summed E-state index contributed by atoms with van der Waals surface area (Å²) in [4.78, 5) is 0. The molecule has 1 aliphatic carbocycles. The highest BCUT2D eigenvalue weighted by atomic mass is 16.3. The highest BCUT2D eigenvalue weighted by Crippen LogP contribution is 2.32. The van der Waals surface area contributed by atoms with E-state index in [0.29, 0.717) is 17.8 Å². The molecule has 3 atom stereocenters. The Kier molecular flexibility index (Phi) is 4.46. The molecule has 1 aromatic rings. The molecule has 1 saturated carbocycles. The molecule has 3 N–H and O–H groups in total. The molecule has 0 radical (unpaired) electrons. The van der Waals surface area contributed by atoms with Gasteiger partial charge in [-0.25, -0.2) is 0 Å². The van der Waals surface area contributed by atoms with Gasteiger partial charge in [-0.05, 0) is 50.3 Å². The average Bonchev–Trinajstić information content (AvgIpc) is 2.49. The molecule has 1 saturated heterocycles. The lowest BCUT2D eigenvalue weighted by molar-refractivity contribution is 0.217. The number of rotatable bonds is 3. The second-order valence-corrected chi connectivity index (χ2v) is 6.31. The van der Waals surface area contributed by atoms with Crippen LogP contribution < -0.4 is 10.6 Å². The minimum absolute atomic E-state index is 0.346. The number of aromatic hydroxyl groups is 1. The number of phenols is 1. The number of phenolic OH excluding ortho intramolecular Hbond substituents is 1. The summed E-state index contributed by atoms with van der Waals surface area (Å²) in [6.45, 7) is 1.18. The maximum atomic E-state index is 9.60.